The van der Waals surface area contributed by atoms with Crippen molar-refractivity contribution in [2.24, 2.45) is 10.7 Å². The van der Waals surface area contributed by atoms with E-state index in [-0.39, 0.29) is 11.6 Å². The van der Waals surface area contributed by atoms with Gasteiger partial charge in [-0.1, -0.05) is 23.8 Å². The van der Waals surface area contributed by atoms with E-state index >= 15 is 0 Å². The molecule has 80 valence electrons. The van der Waals surface area contributed by atoms with Gasteiger partial charge in [-0.15, -0.1) is 0 Å². The first-order valence-electron chi connectivity index (χ1n) is 5.07. The average Bonchev–Trinajstić information content (AvgIpc) is 2.46. The Balaban J connectivity index is 2.46. The second-order valence-electron chi connectivity index (χ2n) is 4.33. The van der Waals surface area contributed by atoms with Crippen molar-refractivity contribution >= 4 is 6.02 Å². The van der Waals surface area contributed by atoms with Crippen molar-refractivity contribution in [1.29, 1.82) is 0 Å². The second-order valence-corrected chi connectivity index (χ2v) is 4.33. The van der Waals surface area contributed by atoms with Crippen LogP contribution >= 0.6 is 0 Å². The summed E-state index contributed by atoms with van der Waals surface area (Å²) in [7, 11) is 0. The van der Waals surface area contributed by atoms with Gasteiger partial charge in [-0.25, -0.2) is 4.99 Å². The van der Waals surface area contributed by atoms with E-state index in [0.29, 0.717) is 6.61 Å². The Morgan fingerprint density at radius 3 is 2.67 bits per heavy atom. The number of rotatable bonds is 1. The van der Waals surface area contributed by atoms with Crippen LogP contribution in [0.2, 0.25) is 0 Å². The largest absolute Gasteiger partial charge is 0.462 e. The molecule has 0 radical (unpaired) electrons. The first kappa shape index (κ1) is 10.0. The molecule has 0 aromatic heterocycles. The monoisotopic (exact) mass is 204 g/mol. The fourth-order valence-electron chi connectivity index (χ4n) is 2.08. The number of nitrogens with zero attached hydrogens (tertiary/aromatic N) is 1. The van der Waals surface area contributed by atoms with Crippen LogP contribution in [0.25, 0.3) is 0 Å². The third-order valence-corrected chi connectivity index (χ3v) is 2.82. The van der Waals surface area contributed by atoms with E-state index in [0.717, 1.165) is 0 Å². The van der Waals surface area contributed by atoms with Gasteiger partial charge in [-0.05, 0) is 31.9 Å². The number of aliphatic imine (C=N–C) groups is 1. The van der Waals surface area contributed by atoms with Crippen LogP contribution in [0.3, 0.4) is 0 Å². The molecule has 0 aliphatic carbocycles. The van der Waals surface area contributed by atoms with Gasteiger partial charge < -0.3 is 10.5 Å². The molecule has 0 bridgehead atoms. The van der Waals surface area contributed by atoms with Crippen molar-refractivity contribution < 1.29 is 4.74 Å². The van der Waals surface area contributed by atoms with Gasteiger partial charge in [-0.3, -0.25) is 0 Å². The summed E-state index contributed by atoms with van der Waals surface area (Å²) in [5, 5.41) is 0. The Kier molecular flexibility index (Phi) is 2.18. The fourth-order valence-corrected chi connectivity index (χ4v) is 2.08. The Labute approximate surface area is 90.0 Å². The Morgan fingerprint density at radius 2 is 2.13 bits per heavy atom. The lowest BCUT2D eigenvalue weighted by Crippen LogP contribution is -2.22. The Bertz CT molecular complexity index is 426. The van der Waals surface area contributed by atoms with E-state index in [9.17, 15) is 0 Å². The van der Waals surface area contributed by atoms with Gasteiger partial charge in [0.25, 0.3) is 6.02 Å². The quantitative estimate of drug-likeness (QED) is 0.759. The molecule has 1 aromatic carbocycles. The highest BCUT2D eigenvalue weighted by Gasteiger charge is 2.33. The summed E-state index contributed by atoms with van der Waals surface area (Å²) in [6, 6.07) is 6.65. The minimum Gasteiger partial charge on any atom is -0.462 e. The summed E-state index contributed by atoms with van der Waals surface area (Å²) in [5.74, 6) is 0. The number of hydrogen-bond donors (Lipinski definition) is 1. The first-order chi connectivity index (χ1) is 7.01. The zero-order valence-electron chi connectivity index (χ0n) is 9.37. The summed E-state index contributed by atoms with van der Waals surface area (Å²) in [5.41, 5.74) is 8.92. The molecule has 0 saturated carbocycles. The van der Waals surface area contributed by atoms with E-state index < -0.39 is 0 Å². The average molecular weight is 204 g/mol. The van der Waals surface area contributed by atoms with Crippen LogP contribution in [0.15, 0.2) is 23.2 Å². The summed E-state index contributed by atoms with van der Waals surface area (Å²) in [6.07, 6.45) is 0. The van der Waals surface area contributed by atoms with Crippen LogP contribution in [0.1, 0.15) is 23.6 Å². The predicted molar refractivity (Wildman–Crippen MR) is 60.8 cm³/mol. The van der Waals surface area contributed by atoms with Crippen LogP contribution in [0.5, 0.6) is 0 Å². The molecule has 0 fully saturated rings. The fraction of sp³-hybridized carbons (Fsp3) is 0.417. The molecule has 1 heterocycles. The molecule has 1 aromatic rings. The first-order valence-corrected chi connectivity index (χ1v) is 5.07. The summed E-state index contributed by atoms with van der Waals surface area (Å²) in [6.45, 7) is 6.76. The van der Waals surface area contributed by atoms with Gasteiger partial charge in [0.05, 0.1) is 0 Å². The van der Waals surface area contributed by atoms with E-state index in [1.165, 1.54) is 16.7 Å². The summed E-state index contributed by atoms with van der Waals surface area (Å²) >= 11 is 0. The molecule has 3 nitrogen and oxygen atoms in total. The molecule has 0 saturated heterocycles. The zero-order chi connectivity index (χ0) is 11.1. The topological polar surface area (TPSA) is 47.6 Å². The molecule has 0 amide bonds. The standard InChI is InChI=1S/C12H16N2O/c1-8-4-5-10(9(2)6-8)12(3)7-15-11(13)14-12/h4-6H,7H2,1-3H3,(H2,13,14). The molecule has 2 N–H and O–H groups in total. The number of amidine groups is 1. The molecule has 1 aliphatic heterocycles. The maximum atomic E-state index is 5.56. The Morgan fingerprint density at radius 1 is 1.40 bits per heavy atom. The van der Waals surface area contributed by atoms with Crippen molar-refractivity contribution in [3.05, 3.63) is 34.9 Å². The van der Waals surface area contributed by atoms with E-state index in [1.54, 1.807) is 0 Å². The van der Waals surface area contributed by atoms with Crippen LogP contribution in [-0.4, -0.2) is 12.6 Å². The lowest BCUT2D eigenvalue weighted by atomic mass is 9.89. The molecule has 1 aliphatic rings. The SMILES string of the molecule is Cc1ccc(C2(C)COC(N)=N2)c(C)c1. The predicted octanol–water partition coefficient (Wildman–Crippen LogP) is 1.86. The number of aryl methyl sites for hydroxylation is 2. The molecule has 15 heavy (non-hydrogen) atoms. The van der Waals surface area contributed by atoms with Crippen LogP contribution in [-0.2, 0) is 10.3 Å². The highest BCUT2D eigenvalue weighted by atomic mass is 16.5. The van der Waals surface area contributed by atoms with Crippen molar-refractivity contribution in [3.8, 4) is 0 Å². The molecule has 0 spiro atoms. The number of ether oxygens (including phenoxy) is 1. The summed E-state index contributed by atoms with van der Waals surface area (Å²) in [4.78, 5) is 4.35. The molecule has 2 rings (SSSR count). The van der Waals surface area contributed by atoms with Crippen LogP contribution < -0.4 is 5.73 Å². The molecular weight excluding hydrogens is 188 g/mol. The molecule has 1 atom stereocenters. The lowest BCUT2D eigenvalue weighted by Gasteiger charge is -2.21. The van der Waals surface area contributed by atoms with Crippen molar-refractivity contribution in [3.63, 3.8) is 0 Å². The van der Waals surface area contributed by atoms with Crippen molar-refractivity contribution in [1.82, 2.24) is 0 Å². The minimum atomic E-state index is -0.318. The van der Waals surface area contributed by atoms with Gasteiger partial charge in [0.1, 0.15) is 12.1 Å². The molecular formula is C12H16N2O. The highest BCUT2D eigenvalue weighted by molar-refractivity contribution is 5.74. The molecule has 1 unspecified atom stereocenters. The van der Waals surface area contributed by atoms with Crippen molar-refractivity contribution in [2.45, 2.75) is 26.3 Å². The van der Waals surface area contributed by atoms with Gasteiger partial charge in [-0.2, -0.15) is 0 Å². The third kappa shape index (κ3) is 1.69. The second kappa shape index (κ2) is 3.26. The van der Waals surface area contributed by atoms with E-state index in [4.69, 9.17) is 10.5 Å². The van der Waals surface area contributed by atoms with E-state index in [2.05, 4.69) is 37.0 Å². The minimum absolute atomic E-state index is 0.289. The van der Waals surface area contributed by atoms with Gasteiger partial charge in [0, 0.05) is 0 Å². The summed E-state index contributed by atoms with van der Waals surface area (Å²) < 4.78 is 5.24. The van der Waals surface area contributed by atoms with Gasteiger partial charge in [0.15, 0.2) is 0 Å². The van der Waals surface area contributed by atoms with Crippen LogP contribution in [0.4, 0.5) is 0 Å². The lowest BCUT2D eigenvalue weighted by molar-refractivity contribution is 0.266. The number of hydrogen-bond acceptors (Lipinski definition) is 3. The maximum Gasteiger partial charge on any atom is 0.283 e. The number of benzene rings is 1. The van der Waals surface area contributed by atoms with E-state index in [1.807, 2.05) is 6.92 Å². The highest BCUT2D eigenvalue weighted by Crippen LogP contribution is 2.32. The molecule has 3 heteroatoms. The smallest absolute Gasteiger partial charge is 0.283 e. The van der Waals surface area contributed by atoms with Gasteiger partial charge in [0.2, 0.25) is 0 Å². The Hall–Kier alpha value is -1.51. The van der Waals surface area contributed by atoms with Crippen LogP contribution in [0, 0.1) is 13.8 Å². The zero-order valence-corrected chi connectivity index (χ0v) is 9.37. The maximum absolute atomic E-state index is 5.56. The number of nitrogens with two attached hydrogens (primary N) is 1. The van der Waals surface area contributed by atoms with Gasteiger partial charge >= 0.3 is 0 Å². The third-order valence-electron chi connectivity index (χ3n) is 2.82. The normalized spacial score (nSPS) is 24.9. The van der Waals surface area contributed by atoms with Crippen molar-refractivity contribution in [2.75, 3.05) is 6.61 Å².